The Balaban J connectivity index is 2.05. The minimum absolute atomic E-state index is 0.00656. The van der Waals surface area contributed by atoms with Crippen LogP contribution in [0.1, 0.15) is 24.5 Å². The van der Waals surface area contributed by atoms with Crippen molar-refractivity contribution in [2.75, 3.05) is 0 Å². The van der Waals surface area contributed by atoms with Gasteiger partial charge in [0.15, 0.2) is 0 Å². The van der Waals surface area contributed by atoms with Gasteiger partial charge >= 0.3 is 0 Å². The minimum atomic E-state index is -2.64. The fourth-order valence-electron chi connectivity index (χ4n) is 3.03. The highest BCUT2D eigenvalue weighted by atomic mass is 31.2. The number of aliphatic hydroxyl groups excluding tert-OH is 1. The zero-order chi connectivity index (χ0) is 14.9. The Bertz CT molecular complexity index is 705. The van der Waals surface area contributed by atoms with E-state index in [4.69, 9.17) is 0 Å². The molecule has 3 heteroatoms. The van der Waals surface area contributed by atoms with E-state index in [1.54, 1.807) is 0 Å². The summed E-state index contributed by atoms with van der Waals surface area (Å²) in [7, 11) is -2.64. The first-order valence-corrected chi connectivity index (χ1v) is 9.18. The van der Waals surface area contributed by atoms with Gasteiger partial charge in [0.2, 0.25) is 0 Å². The summed E-state index contributed by atoms with van der Waals surface area (Å²) in [5, 5.41) is 11.0. The summed E-state index contributed by atoms with van der Waals surface area (Å²) in [5.74, 6) is 0.299. The Labute approximate surface area is 125 Å². The van der Waals surface area contributed by atoms with Crippen LogP contribution >= 0.6 is 7.14 Å². The standard InChI is InChI=1S/C18H19O2P/c1-14-12-17(19)18(16-10-6-3-7-11-16)21(14,20)13-15-8-4-2-5-9-15/h2-11,14,19H,12-13H2,1H3/t14-,21+/m0/s1. The SMILES string of the molecule is C[C@H]1CC(O)=C(c2ccccc2)[P@@]1(=O)Cc1ccccc1. The van der Waals surface area contributed by atoms with Crippen molar-refractivity contribution in [3.63, 3.8) is 0 Å². The molecule has 0 bridgehead atoms. The molecule has 0 unspecified atom stereocenters. The second-order valence-corrected chi connectivity index (χ2v) is 8.89. The second-order valence-electron chi connectivity index (χ2n) is 5.65. The van der Waals surface area contributed by atoms with Crippen molar-refractivity contribution < 1.29 is 9.67 Å². The highest BCUT2D eigenvalue weighted by Crippen LogP contribution is 2.70. The predicted octanol–water partition coefficient (Wildman–Crippen LogP) is 5.27. The smallest absolute Gasteiger partial charge is 0.126 e. The lowest BCUT2D eigenvalue weighted by Crippen LogP contribution is -2.01. The Morgan fingerprint density at radius 1 is 1.05 bits per heavy atom. The quantitative estimate of drug-likeness (QED) is 0.784. The van der Waals surface area contributed by atoms with E-state index in [1.165, 1.54) is 0 Å². The molecule has 0 aliphatic carbocycles. The van der Waals surface area contributed by atoms with Gasteiger partial charge in [-0.3, -0.25) is 0 Å². The van der Waals surface area contributed by atoms with Gasteiger partial charge in [-0.2, -0.15) is 0 Å². The number of allylic oxidation sites excluding steroid dienone is 1. The summed E-state index contributed by atoms with van der Waals surface area (Å²) < 4.78 is 13.6. The van der Waals surface area contributed by atoms with Crippen LogP contribution in [0.5, 0.6) is 0 Å². The first kappa shape index (κ1) is 14.2. The second kappa shape index (κ2) is 5.54. The molecule has 0 aromatic heterocycles. The van der Waals surface area contributed by atoms with Crippen molar-refractivity contribution in [2.45, 2.75) is 25.2 Å². The van der Waals surface area contributed by atoms with Crippen LogP contribution in [0.4, 0.5) is 0 Å². The van der Waals surface area contributed by atoms with Gasteiger partial charge in [-0.25, -0.2) is 0 Å². The largest absolute Gasteiger partial charge is 0.511 e. The number of benzene rings is 2. The van der Waals surface area contributed by atoms with Crippen LogP contribution < -0.4 is 0 Å². The lowest BCUT2D eigenvalue weighted by atomic mass is 10.2. The third-order valence-corrected chi connectivity index (χ3v) is 7.87. The molecule has 0 fully saturated rings. The maximum Gasteiger partial charge on any atom is 0.126 e. The Morgan fingerprint density at radius 2 is 1.62 bits per heavy atom. The topological polar surface area (TPSA) is 37.3 Å². The highest BCUT2D eigenvalue weighted by molar-refractivity contribution is 7.74. The minimum Gasteiger partial charge on any atom is -0.511 e. The van der Waals surface area contributed by atoms with Crippen molar-refractivity contribution in [3.05, 3.63) is 77.5 Å². The van der Waals surface area contributed by atoms with Crippen molar-refractivity contribution >= 4 is 12.5 Å². The van der Waals surface area contributed by atoms with Gasteiger partial charge < -0.3 is 9.67 Å². The van der Waals surface area contributed by atoms with Gasteiger partial charge in [0.05, 0.1) is 5.31 Å². The molecule has 0 amide bonds. The van der Waals surface area contributed by atoms with Crippen LogP contribution in [0, 0.1) is 0 Å². The molecule has 2 nitrogen and oxygen atoms in total. The van der Waals surface area contributed by atoms with Crippen LogP contribution in [0.2, 0.25) is 0 Å². The van der Waals surface area contributed by atoms with Gasteiger partial charge in [-0.1, -0.05) is 67.6 Å². The molecule has 1 heterocycles. The third kappa shape index (κ3) is 2.56. The first-order valence-electron chi connectivity index (χ1n) is 7.22. The molecule has 2 aromatic carbocycles. The van der Waals surface area contributed by atoms with Gasteiger partial charge in [0.1, 0.15) is 12.9 Å². The molecule has 1 aliphatic heterocycles. The monoisotopic (exact) mass is 298 g/mol. The molecule has 108 valence electrons. The molecule has 3 rings (SSSR count). The summed E-state index contributed by atoms with van der Waals surface area (Å²) in [4.78, 5) is 0. The molecule has 0 spiro atoms. The Kier molecular flexibility index (Phi) is 3.73. The van der Waals surface area contributed by atoms with E-state index < -0.39 is 7.14 Å². The summed E-state index contributed by atoms with van der Waals surface area (Å²) >= 11 is 0. The molecule has 21 heavy (non-hydrogen) atoms. The molecule has 0 saturated heterocycles. The molecule has 2 atom stereocenters. The number of aliphatic hydroxyl groups is 1. The van der Waals surface area contributed by atoms with E-state index in [-0.39, 0.29) is 5.66 Å². The van der Waals surface area contributed by atoms with Crippen LogP contribution in [-0.4, -0.2) is 10.8 Å². The molecule has 0 radical (unpaired) electrons. The van der Waals surface area contributed by atoms with Gasteiger partial charge in [-0.05, 0) is 11.1 Å². The third-order valence-electron chi connectivity index (χ3n) is 4.16. The zero-order valence-electron chi connectivity index (χ0n) is 12.1. The maximum atomic E-state index is 13.6. The fraction of sp³-hybridized carbons (Fsp3) is 0.222. The van der Waals surface area contributed by atoms with E-state index in [1.807, 2.05) is 67.6 Å². The number of hydrogen-bond donors (Lipinski definition) is 1. The maximum absolute atomic E-state index is 13.6. The molecular formula is C18H19O2P. The number of rotatable bonds is 3. The summed E-state index contributed by atoms with van der Waals surface area (Å²) in [6.45, 7) is 1.98. The summed E-state index contributed by atoms with van der Waals surface area (Å²) in [6, 6.07) is 19.5. The lowest BCUT2D eigenvalue weighted by Gasteiger charge is -2.21. The van der Waals surface area contributed by atoms with E-state index in [0.717, 1.165) is 11.1 Å². The van der Waals surface area contributed by atoms with Crippen LogP contribution in [0.15, 0.2) is 66.4 Å². The molecule has 2 aromatic rings. The van der Waals surface area contributed by atoms with E-state index in [0.29, 0.717) is 23.7 Å². The fourth-order valence-corrected chi connectivity index (χ4v) is 6.28. The molecule has 0 saturated carbocycles. The average molecular weight is 298 g/mol. The van der Waals surface area contributed by atoms with E-state index in [2.05, 4.69) is 0 Å². The van der Waals surface area contributed by atoms with Crippen LogP contribution in [0.3, 0.4) is 0 Å². The zero-order valence-corrected chi connectivity index (χ0v) is 13.0. The average Bonchev–Trinajstić information content (AvgIpc) is 2.70. The van der Waals surface area contributed by atoms with Crippen LogP contribution in [0.25, 0.3) is 5.31 Å². The molecular weight excluding hydrogens is 279 g/mol. The van der Waals surface area contributed by atoms with Gasteiger partial charge in [-0.15, -0.1) is 0 Å². The number of hydrogen-bond acceptors (Lipinski definition) is 2. The van der Waals surface area contributed by atoms with Gasteiger partial charge in [0.25, 0.3) is 0 Å². The van der Waals surface area contributed by atoms with Crippen molar-refractivity contribution in [1.29, 1.82) is 0 Å². The Hall–Kier alpha value is -1.79. The molecule has 1 N–H and O–H groups in total. The van der Waals surface area contributed by atoms with Crippen molar-refractivity contribution in [2.24, 2.45) is 0 Å². The van der Waals surface area contributed by atoms with Crippen molar-refractivity contribution in [3.8, 4) is 0 Å². The lowest BCUT2D eigenvalue weighted by molar-refractivity contribution is 0.396. The van der Waals surface area contributed by atoms with E-state index in [9.17, 15) is 9.67 Å². The van der Waals surface area contributed by atoms with Crippen LogP contribution in [-0.2, 0) is 10.7 Å². The summed E-state index contributed by atoms with van der Waals surface area (Å²) in [6.07, 6.45) is 1.03. The highest BCUT2D eigenvalue weighted by Gasteiger charge is 2.42. The molecule has 1 aliphatic rings. The Morgan fingerprint density at radius 3 is 2.24 bits per heavy atom. The predicted molar refractivity (Wildman–Crippen MR) is 87.8 cm³/mol. The van der Waals surface area contributed by atoms with Crippen molar-refractivity contribution in [1.82, 2.24) is 0 Å². The first-order chi connectivity index (χ1) is 10.1. The van der Waals surface area contributed by atoms with Gasteiger partial charge in [0, 0.05) is 18.2 Å². The summed E-state index contributed by atoms with van der Waals surface area (Å²) in [5.41, 5.74) is 1.95. The van der Waals surface area contributed by atoms with E-state index >= 15 is 0 Å². The normalized spacial score (nSPS) is 25.3.